The summed E-state index contributed by atoms with van der Waals surface area (Å²) in [6.45, 7) is 5.65. The third-order valence-corrected chi connectivity index (χ3v) is 6.56. The van der Waals surface area contributed by atoms with Gasteiger partial charge in [0.15, 0.2) is 5.13 Å². The number of fused-ring (bicyclic) bond motifs is 1. The van der Waals surface area contributed by atoms with Crippen LogP contribution in [0.2, 0.25) is 0 Å². The number of aromatic nitrogens is 1. The lowest BCUT2D eigenvalue weighted by atomic mass is 9.93. The van der Waals surface area contributed by atoms with Gasteiger partial charge < -0.3 is 15.0 Å². The van der Waals surface area contributed by atoms with Crippen molar-refractivity contribution < 1.29 is 9.53 Å². The molecular weight excluding hydrogens is 346 g/mol. The Morgan fingerprint density at radius 3 is 2.81 bits per heavy atom. The largest absolute Gasteiger partial charge is 0.381 e. The molecule has 3 heterocycles. The summed E-state index contributed by atoms with van der Waals surface area (Å²) in [7, 11) is 0. The zero-order valence-corrected chi connectivity index (χ0v) is 16.2. The number of carbonyl (C=O) groups excluding carboxylic acids is 1. The van der Waals surface area contributed by atoms with Gasteiger partial charge in [0.2, 0.25) is 5.91 Å². The highest BCUT2D eigenvalue weighted by atomic mass is 32.1. The molecule has 2 aliphatic heterocycles. The Kier molecular flexibility index (Phi) is 5.41. The van der Waals surface area contributed by atoms with E-state index >= 15 is 0 Å². The van der Waals surface area contributed by atoms with Crippen molar-refractivity contribution in [1.82, 2.24) is 10.3 Å². The van der Waals surface area contributed by atoms with Crippen molar-refractivity contribution in [3.63, 3.8) is 0 Å². The van der Waals surface area contributed by atoms with Gasteiger partial charge in [-0.05, 0) is 56.2 Å². The molecule has 1 aromatic carbocycles. The van der Waals surface area contributed by atoms with Gasteiger partial charge in [0, 0.05) is 38.8 Å². The minimum Gasteiger partial charge on any atom is -0.381 e. The van der Waals surface area contributed by atoms with Crippen LogP contribution in [0.25, 0.3) is 10.2 Å². The number of hydrogen-bond acceptors (Lipinski definition) is 5. The average Bonchev–Trinajstić information content (AvgIpc) is 3.06. The second-order valence-corrected chi connectivity index (χ2v) is 8.57. The van der Waals surface area contributed by atoms with Gasteiger partial charge >= 0.3 is 0 Å². The molecule has 2 saturated heterocycles. The maximum atomic E-state index is 12.3. The summed E-state index contributed by atoms with van der Waals surface area (Å²) < 4.78 is 6.61. The highest BCUT2D eigenvalue weighted by Gasteiger charge is 2.24. The lowest BCUT2D eigenvalue weighted by Gasteiger charge is -2.32. The van der Waals surface area contributed by atoms with Crippen LogP contribution in [-0.2, 0) is 9.53 Å². The molecule has 1 aromatic heterocycles. The molecule has 140 valence electrons. The molecule has 2 fully saturated rings. The first-order chi connectivity index (χ1) is 12.7. The Bertz CT molecular complexity index is 762. The Labute approximate surface area is 158 Å². The van der Waals surface area contributed by atoms with Crippen molar-refractivity contribution >= 4 is 32.6 Å². The first-order valence-electron chi connectivity index (χ1n) is 9.66. The summed E-state index contributed by atoms with van der Waals surface area (Å²) in [5.41, 5.74) is 2.37. The van der Waals surface area contributed by atoms with Crippen LogP contribution in [0.4, 0.5) is 5.13 Å². The van der Waals surface area contributed by atoms with E-state index in [1.807, 2.05) is 0 Å². The van der Waals surface area contributed by atoms with E-state index in [1.54, 1.807) is 11.3 Å². The summed E-state index contributed by atoms with van der Waals surface area (Å²) in [6, 6.07) is 6.75. The van der Waals surface area contributed by atoms with E-state index in [2.05, 4.69) is 35.3 Å². The number of ether oxygens (including phenoxy) is 1. The number of piperidine rings is 1. The second kappa shape index (κ2) is 7.92. The molecule has 26 heavy (non-hydrogen) atoms. The number of anilines is 1. The van der Waals surface area contributed by atoms with E-state index in [-0.39, 0.29) is 5.91 Å². The Morgan fingerprint density at radius 1 is 1.27 bits per heavy atom. The summed E-state index contributed by atoms with van der Waals surface area (Å²) in [5, 5.41) is 4.31. The minimum atomic E-state index is 0.214. The molecule has 4 rings (SSSR count). The third kappa shape index (κ3) is 4.18. The number of thiazole rings is 1. The molecule has 2 aliphatic rings. The number of rotatable bonds is 4. The molecule has 0 radical (unpaired) electrons. The van der Waals surface area contributed by atoms with E-state index in [1.165, 1.54) is 10.3 Å². The topological polar surface area (TPSA) is 54.5 Å². The smallest absolute Gasteiger partial charge is 0.220 e. The van der Waals surface area contributed by atoms with E-state index in [4.69, 9.17) is 9.72 Å². The Balaban J connectivity index is 1.28. The molecule has 0 unspecified atom stereocenters. The van der Waals surface area contributed by atoms with Crippen LogP contribution in [-0.4, -0.2) is 43.2 Å². The minimum absolute atomic E-state index is 0.214. The first-order valence-corrected chi connectivity index (χ1v) is 10.5. The second-order valence-electron chi connectivity index (χ2n) is 7.56. The zero-order valence-electron chi connectivity index (χ0n) is 15.4. The molecule has 0 bridgehead atoms. The van der Waals surface area contributed by atoms with Crippen molar-refractivity contribution in [2.24, 2.45) is 5.92 Å². The number of hydrogen-bond donors (Lipinski definition) is 1. The molecule has 0 aliphatic carbocycles. The molecule has 0 atom stereocenters. The molecule has 0 saturated carbocycles. The highest BCUT2D eigenvalue weighted by Crippen LogP contribution is 2.32. The van der Waals surface area contributed by atoms with E-state index in [0.717, 1.165) is 62.6 Å². The summed E-state index contributed by atoms with van der Waals surface area (Å²) in [5.74, 6) is 0.702. The maximum Gasteiger partial charge on any atom is 0.220 e. The molecule has 0 spiro atoms. The van der Waals surface area contributed by atoms with Gasteiger partial charge in [-0.2, -0.15) is 0 Å². The van der Waals surface area contributed by atoms with Gasteiger partial charge in [-0.3, -0.25) is 4.79 Å². The normalized spacial score (nSPS) is 19.8. The number of aryl methyl sites for hydroxylation is 1. The average molecular weight is 374 g/mol. The standard InChI is InChI=1S/C20H27N3O2S/c1-14-2-3-17-18(12-14)26-20(22-17)23-8-4-15(5-9-23)13-19(24)21-16-6-10-25-11-7-16/h2-3,12,15-16H,4-11,13H2,1H3,(H,21,24). The van der Waals surface area contributed by atoms with Crippen LogP contribution < -0.4 is 10.2 Å². The Morgan fingerprint density at radius 2 is 2.04 bits per heavy atom. The van der Waals surface area contributed by atoms with Gasteiger partial charge in [-0.15, -0.1) is 0 Å². The zero-order chi connectivity index (χ0) is 17.9. The number of amides is 1. The van der Waals surface area contributed by atoms with Gasteiger partial charge in [-0.1, -0.05) is 17.4 Å². The molecule has 5 nitrogen and oxygen atoms in total. The lowest BCUT2D eigenvalue weighted by Crippen LogP contribution is -2.41. The van der Waals surface area contributed by atoms with Gasteiger partial charge in [0.05, 0.1) is 10.2 Å². The number of carbonyl (C=O) groups is 1. The fourth-order valence-electron chi connectivity index (χ4n) is 3.87. The van der Waals surface area contributed by atoms with Crippen LogP contribution in [0.5, 0.6) is 0 Å². The van der Waals surface area contributed by atoms with Crippen molar-refractivity contribution in [2.45, 2.75) is 45.1 Å². The van der Waals surface area contributed by atoms with Crippen molar-refractivity contribution in [1.29, 1.82) is 0 Å². The fraction of sp³-hybridized carbons (Fsp3) is 0.600. The predicted molar refractivity (Wildman–Crippen MR) is 106 cm³/mol. The fourth-order valence-corrected chi connectivity index (χ4v) is 4.99. The van der Waals surface area contributed by atoms with Gasteiger partial charge in [0.25, 0.3) is 0 Å². The lowest BCUT2D eigenvalue weighted by molar-refractivity contribution is -0.123. The van der Waals surface area contributed by atoms with Crippen LogP contribution in [0.15, 0.2) is 18.2 Å². The quantitative estimate of drug-likeness (QED) is 0.891. The number of benzene rings is 1. The monoisotopic (exact) mass is 373 g/mol. The maximum absolute atomic E-state index is 12.3. The molecule has 1 N–H and O–H groups in total. The molecule has 1 amide bonds. The molecular formula is C20H27N3O2S. The molecule has 2 aromatic rings. The van der Waals surface area contributed by atoms with Crippen LogP contribution >= 0.6 is 11.3 Å². The SMILES string of the molecule is Cc1ccc2nc(N3CCC(CC(=O)NC4CCOCC4)CC3)sc2c1. The number of nitrogens with zero attached hydrogens (tertiary/aromatic N) is 2. The van der Waals surface area contributed by atoms with Crippen molar-refractivity contribution in [3.8, 4) is 0 Å². The highest BCUT2D eigenvalue weighted by molar-refractivity contribution is 7.22. The summed E-state index contributed by atoms with van der Waals surface area (Å²) in [6.07, 6.45) is 4.68. The van der Waals surface area contributed by atoms with E-state index in [0.29, 0.717) is 18.4 Å². The van der Waals surface area contributed by atoms with Crippen molar-refractivity contribution in [3.05, 3.63) is 23.8 Å². The third-order valence-electron chi connectivity index (χ3n) is 5.48. The predicted octanol–water partition coefficient (Wildman–Crippen LogP) is 3.51. The number of nitrogens with one attached hydrogen (secondary N) is 1. The first kappa shape index (κ1) is 17.7. The van der Waals surface area contributed by atoms with Crippen LogP contribution in [0.1, 0.15) is 37.7 Å². The summed E-state index contributed by atoms with van der Waals surface area (Å²) in [4.78, 5) is 19.5. The van der Waals surface area contributed by atoms with E-state index < -0.39 is 0 Å². The Hall–Kier alpha value is -1.66. The van der Waals surface area contributed by atoms with Gasteiger partial charge in [0.1, 0.15) is 0 Å². The van der Waals surface area contributed by atoms with Gasteiger partial charge in [-0.25, -0.2) is 4.98 Å². The van der Waals surface area contributed by atoms with Crippen LogP contribution in [0, 0.1) is 12.8 Å². The summed E-state index contributed by atoms with van der Waals surface area (Å²) >= 11 is 1.78. The van der Waals surface area contributed by atoms with E-state index in [9.17, 15) is 4.79 Å². The van der Waals surface area contributed by atoms with Crippen molar-refractivity contribution in [2.75, 3.05) is 31.2 Å². The van der Waals surface area contributed by atoms with Crippen LogP contribution in [0.3, 0.4) is 0 Å². The molecule has 6 heteroatoms.